The highest BCUT2D eigenvalue weighted by Gasteiger charge is 2.09. The maximum Gasteiger partial charge on any atom is 0.325 e. The van der Waals surface area contributed by atoms with Gasteiger partial charge >= 0.3 is 5.97 Å². The lowest BCUT2D eigenvalue weighted by molar-refractivity contribution is -0.143. The number of aryl methyl sites for hydroxylation is 3. The number of benzene rings is 2. The van der Waals surface area contributed by atoms with Crippen molar-refractivity contribution in [2.24, 2.45) is 0 Å². The first-order valence-corrected chi connectivity index (χ1v) is 8.17. The monoisotopic (exact) mass is 341 g/mol. The Morgan fingerprint density at radius 3 is 2.40 bits per heavy atom. The van der Waals surface area contributed by atoms with E-state index in [1.54, 1.807) is 12.1 Å². The van der Waals surface area contributed by atoms with Crippen LogP contribution < -0.4 is 10.1 Å². The Labute approximate surface area is 148 Å². The number of hydrogen-bond donors (Lipinski definition) is 1. The van der Waals surface area contributed by atoms with Crippen molar-refractivity contribution in [3.05, 3.63) is 64.7 Å². The van der Waals surface area contributed by atoms with Gasteiger partial charge < -0.3 is 14.8 Å². The fourth-order valence-electron chi connectivity index (χ4n) is 2.21. The van der Waals surface area contributed by atoms with Crippen LogP contribution in [-0.4, -0.2) is 31.6 Å². The van der Waals surface area contributed by atoms with E-state index in [4.69, 9.17) is 9.47 Å². The van der Waals surface area contributed by atoms with E-state index in [0.29, 0.717) is 5.56 Å². The van der Waals surface area contributed by atoms with E-state index in [1.807, 2.05) is 51.1 Å². The highest BCUT2D eigenvalue weighted by atomic mass is 16.6. The third-order valence-corrected chi connectivity index (χ3v) is 3.86. The lowest BCUT2D eigenvalue weighted by Gasteiger charge is -2.10. The number of carbonyl (C=O) groups is 2. The molecule has 2 aromatic carbocycles. The van der Waals surface area contributed by atoms with Crippen molar-refractivity contribution in [3.8, 4) is 5.75 Å². The lowest BCUT2D eigenvalue weighted by Crippen LogP contribution is -2.31. The molecular weight excluding hydrogens is 318 g/mol. The summed E-state index contributed by atoms with van der Waals surface area (Å²) in [6.07, 6.45) is 0. The summed E-state index contributed by atoms with van der Waals surface area (Å²) < 4.78 is 10.6. The summed E-state index contributed by atoms with van der Waals surface area (Å²) in [6.45, 7) is 6.09. The number of amides is 1. The number of nitrogens with one attached hydrogen (secondary N) is 1. The molecule has 0 aliphatic carbocycles. The Balaban J connectivity index is 1.69. The van der Waals surface area contributed by atoms with Crippen molar-refractivity contribution in [3.63, 3.8) is 0 Å². The average molecular weight is 341 g/mol. The van der Waals surface area contributed by atoms with E-state index in [9.17, 15) is 9.59 Å². The van der Waals surface area contributed by atoms with Gasteiger partial charge in [0, 0.05) is 5.56 Å². The molecule has 0 atom stereocenters. The zero-order valence-corrected chi connectivity index (χ0v) is 14.8. The van der Waals surface area contributed by atoms with E-state index in [-0.39, 0.29) is 25.7 Å². The summed E-state index contributed by atoms with van der Waals surface area (Å²) in [5.41, 5.74) is 3.70. The molecular formula is C20H23NO4. The molecule has 5 heteroatoms. The van der Waals surface area contributed by atoms with Crippen LogP contribution in [-0.2, 0) is 9.53 Å². The number of hydrogen-bond acceptors (Lipinski definition) is 4. The van der Waals surface area contributed by atoms with E-state index in [1.165, 1.54) is 0 Å². The molecule has 0 bridgehead atoms. The maximum absolute atomic E-state index is 12.0. The summed E-state index contributed by atoms with van der Waals surface area (Å²) in [4.78, 5) is 23.7. The van der Waals surface area contributed by atoms with Gasteiger partial charge in [-0.25, -0.2) is 0 Å². The van der Waals surface area contributed by atoms with Gasteiger partial charge in [0.1, 0.15) is 25.5 Å². The lowest BCUT2D eigenvalue weighted by atomic mass is 10.1. The number of carbonyl (C=O) groups excluding carboxylic acids is 2. The van der Waals surface area contributed by atoms with E-state index >= 15 is 0 Å². The molecule has 0 radical (unpaired) electrons. The average Bonchev–Trinajstić information content (AvgIpc) is 2.60. The van der Waals surface area contributed by atoms with Gasteiger partial charge in [0.15, 0.2) is 0 Å². The largest absolute Gasteiger partial charge is 0.490 e. The van der Waals surface area contributed by atoms with Crippen LogP contribution >= 0.6 is 0 Å². The molecule has 0 aliphatic rings. The van der Waals surface area contributed by atoms with Gasteiger partial charge in [-0.3, -0.25) is 9.59 Å². The minimum Gasteiger partial charge on any atom is -0.490 e. The fraction of sp³-hybridized carbons (Fsp3) is 0.300. The Kier molecular flexibility index (Phi) is 6.57. The normalized spacial score (nSPS) is 10.2. The molecule has 1 amide bonds. The minimum absolute atomic E-state index is 0.132. The molecule has 0 spiro atoms. The maximum atomic E-state index is 12.0. The zero-order chi connectivity index (χ0) is 18.2. The number of rotatable bonds is 7. The van der Waals surface area contributed by atoms with Crippen molar-refractivity contribution in [1.29, 1.82) is 0 Å². The number of ether oxygens (including phenoxy) is 2. The Hall–Kier alpha value is -2.82. The molecule has 0 saturated carbocycles. The number of esters is 1. The summed E-state index contributed by atoms with van der Waals surface area (Å²) in [7, 11) is 0. The van der Waals surface area contributed by atoms with Crippen LogP contribution in [0, 0.1) is 20.8 Å². The summed E-state index contributed by atoms with van der Waals surface area (Å²) in [5, 5.41) is 2.56. The smallest absolute Gasteiger partial charge is 0.325 e. The van der Waals surface area contributed by atoms with Crippen molar-refractivity contribution in [2.75, 3.05) is 19.8 Å². The first-order valence-electron chi connectivity index (χ1n) is 8.17. The third kappa shape index (κ3) is 5.64. The van der Waals surface area contributed by atoms with Crippen LogP contribution in [0.5, 0.6) is 5.75 Å². The van der Waals surface area contributed by atoms with Crippen LogP contribution in [0.2, 0.25) is 0 Å². The van der Waals surface area contributed by atoms with Crippen LogP contribution in [0.4, 0.5) is 0 Å². The minimum atomic E-state index is -0.495. The van der Waals surface area contributed by atoms with Crippen LogP contribution in [0.15, 0.2) is 42.5 Å². The van der Waals surface area contributed by atoms with Crippen molar-refractivity contribution in [2.45, 2.75) is 20.8 Å². The predicted molar refractivity (Wildman–Crippen MR) is 95.9 cm³/mol. The summed E-state index contributed by atoms with van der Waals surface area (Å²) in [5.74, 6) is -0.0247. The first-order chi connectivity index (χ1) is 12.0. The van der Waals surface area contributed by atoms with Gasteiger partial charge in [0.05, 0.1) is 0 Å². The second-order valence-corrected chi connectivity index (χ2v) is 5.82. The zero-order valence-electron chi connectivity index (χ0n) is 14.8. The van der Waals surface area contributed by atoms with Crippen LogP contribution in [0.25, 0.3) is 0 Å². The number of para-hydroxylation sites is 1. The molecule has 5 nitrogen and oxygen atoms in total. The molecule has 0 saturated heterocycles. The fourth-order valence-corrected chi connectivity index (χ4v) is 2.21. The molecule has 0 heterocycles. The van der Waals surface area contributed by atoms with Gasteiger partial charge in [-0.1, -0.05) is 24.3 Å². The molecule has 0 aliphatic heterocycles. The highest BCUT2D eigenvalue weighted by Crippen LogP contribution is 2.15. The third-order valence-electron chi connectivity index (χ3n) is 3.86. The molecule has 2 rings (SSSR count). The van der Waals surface area contributed by atoms with Crippen LogP contribution in [0.3, 0.4) is 0 Å². The molecule has 25 heavy (non-hydrogen) atoms. The standard InChI is InChI=1S/C20H23NO4/c1-14-8-9-17(12-16(14)3)20(23)21-13-19(22)25-11-10-24-18-7-5-4-6-15(18)2/h4-9,12H,10-11,13H2,1-3H3,(H,21,23). The molecule has 2 aromatic rings. The molecule has 0 fully saturated rings. The molecule has 0 aromatic heterocycles. The molecule has 0 unspecified atom stereocenters. The van der Waals surface area contributed by atoms with Gasteiger partial charge in [0.2, 0.25) is 0 Å². The van der Waals surface area contributed by atoms with Crippen molar-refractivity contribution >= 4 is 11.9 Å². The summed E-state index contributed by atoms with van der Waals surface area (Å²) in [6, 6.07) is 13.0. The Morgan fingerprint density at radius 1 is 0.920 bits per heavy atom. The quantitative estimate of drug-likeness (QED) is 0.621. The van der Waals surface area contributed by atoms with E-state index in [0.717, 1.165) is 22.4 Å². The SMILES string of the molecule is Cc1ccc(C(=O)NCC(=O)OCCOc2ccccc2C)cc1C. The summed E-state index contributed by atoms with van der Waals surface area (Å²) >= 11 is 0. The van der Waals surface area contributed by atoms with Gasteiger partial charge in [-0.2, -0.15) is 0 Å². The second kappa shape index (κ2) is 8.87. The van der Waals surface area contributed by atoms with Crippen molar-refractivity contribution in [1.82, 2.24) is 5.32 Å². The topological polar surface area (TPSA) is 64.6 Å². The molecule has 1 N–H and O–H groups in total. The van der Waals surface area contributed by atoms with Crippen molar-refractivity contribution < 1.29 is 19.1 Å². The van der Waals surface area contributed by atoms with Gasteiger partial charge in [0.25, 0.3) is 5.91 Å². The first kappa shape index (κ1) is 18.5. The molecule has 132 valence electrons. The highest BCUT2D eigenvalue weighted by molar-refractivity contribution is 5.96. The van der Waals surface area contributed by atoms with Crippen LogP contribution in [0.1, 0.15) is 27.0 Å². The second-order valence-electron chi connectivity index (χ2n) is 5.82. The Morgan fingerprint density at radius 2 is 1.68 bits per heavy atom. The van der Waals surface area contributed by atoms with E-state index in [2.05, 4.69) is 5.32 Å². The van der Waals surface area contributed by atoms with Gasteiger partial charge in [-0.15, -0.1) is 0 Å². The van der Waals surface area contributed by atoms with E-state index < -0.39 is 5.97 Å². The predicted octanol–water partition coefficient (Wildman–Crippen LogP) is 2.96. The Bertz CT molecular complexity index is 755. The van der Waals surface area contributed by atoms with Gasteiger partial charge in [-0.05, 0) is 55.7 Å².